The summed E-state index contributed by atoms with van der Waals surface area (Å²) in [5.74, 6) is 0.387. The van der Waals surface area contributed by atoms with Crippen LogP contribution in [0.3, 0.4) is 0 Å². The van der Waals surface area contributed by atoms with Gasteiger partial charge in [-0.2, -0.15) is 0 Å². The van der Waals surface area contributed by atoms with Crippen molar-refractivity contribution in [1.29, 1.82) is 0 Å². The fourth-order valence-corrected chi connectivity index (χ4v) is 3.28. The average molecular weight is 428 g/mol. The second kappa shape index (κ2) is 9.69. The second-order valence-corrected chi connectivity index (χ2v) is 7.49. The Bertz CT molecular complexity index is 697. The quantitative estimate of drug-likeness (QED) is 0.257. The first-order valence-corrected chi connectivity index (χ1v) is 9.59. The first-order chi connectivity index (χ1) is 14.3. The van der Waals surface area contributed by atoms with Gasteiger partial charge in [-0.05, 0) is 24.1 Å². The van der Waals surface area contributed by atoms with E-state index in [0.717, 1.165) is 5.56 Å². The van der Waals surface area contributed by atoms with Crippen LogP contribution in [0.15, 0.2) is 36.9 Å². The third-order valence-corrected chi connectivity index (χ3v) is 5.23. The highest BCUT2D eigenvalue weighted by Crippen LogP contribution is 2.28. The number of rotatable bonds is 8. The number of hydrogen-bond donors (Lipinski definition) is 6. The molecule has 10 nitrogen and oxygen atoms in total. The molecule has 8 atom stereocenters. The molecule has 0 unspecified atom stereocenters. The monoisotopic (exact) mass is 428 g/mol. The maximum atomic E-state index is 10.2. The number of aliphatic hydroxyl groups excluding tert-OH is 5. The first kappa shape index (κ1) is 23.1. The van der Waals surface area contributed by atoms with Crippen molar-refractivity contribution < 1.29 is 49.6 Å². The first-order valence-electron chi connectivity index (χ1n) is 9.59. The van der Waals surface area contributed by atoms with E-state index in [0.29, 0.717) is 12.2 Å². The molecule has 2 aliphatic rings. The zero-order chi connectivity index (χ0) is 21.9. The summed E-state index contributed by atoms with van der Waals surface area (Å²) >= 11 is 0. The molecule has 2 saturated heterocycles. The minimum absolute atomic E-state index is 0.335. The van der Waals surface area contributed by atoms with E-state index in [-0.39, 0.29) is 13.2 Å². The Morgan fingerprint density at radius 1 is 1.07 bits per heavy atom. The van der Waals surface area contributed by atoms with Crippen LogP contribution in [0.5, 0.6) is 5.75 Å². The van der Waals surface area contributed by atoms with Crippen LogP contribution in [0.4, 0.5) is 0 Å². The minimum Gasteiger partial charge on any atom is -0.462 e. The minimum atomic E-state index is -1.85. The van der Waals surface area contributed by atoms with E-state index in [1.165, 1.54) is 0 Å². The highest BCUT2D eigenvalue weighted by atomic mass is 16.7. The van der Waals surface area contributed by atoms with Crippen molar-refractivity contribution in [2.75, 3.05) is 19.8 Å². The van der Waals surface area contributed by atoms with Crippen molar-refractivity contribution in [1.82, 2.24) is 0 Å². The maximum Gasteiger partial charge on any atom is 0.229 e. The van der Waals surface area contributed by atoms with Gasteiger partial charge in [-0.15, -0.1) is 6.58 Å². The van der Waals surface area contributed by atoms with Gasteiger partial charge in [-0.25, -0.2) is 0 Å². The number of hydrogen-bond acceptors (Lipinski definition) is 10. The van der Waals surface area contributed by atoms with Crippen molar-refractivity contribution in [2.24, 2.45) is 0 Å². The molecule has 0 aromatic heterocycles. The molecular weight excluding hydrogens is 400 g/mol. The molecule has 6 N–H and O–H groups in total. The zero-order valence-corrected chi connectivity index (χ0v) is 16.3. The zero-order valence-electron chi connectivity index (χ0n) is 16.3. The van der Waals surface area contributed by atoms with Crippen LogP contribution in [0.1, 0.15) is 5.56 Å². The molecule has 2 aliphatic heterocycles. The molecule has 0 saturated carbocycles. The van der Waals surface area contributed by atoms with Crippen LogP contribution >= 0.6 is 0 Å². The molecule has 2 heterocycles. The van der Waals surface area contributed by atoms with E-state index in [2.05, 4.69) is 6.58 Å². The lowest BCUT2D eigenvalue weighted by molar-refractivity contribution is -0.289. The van der Waals surface area contributed by atoms with Crippen LogP contribution < -0.4 is 4.74 Å². The molecule has 1 aromatic carbocycles. The van der Waals surface area contributed by atoms with Crippen molar-refractivity contribution in [2.45, 2.75) is 55.1 Å². The summed E-state index contributed by atoms with van der Waals surface area (Å²) < 4.78 is 21.7. The van der Waals surface area contributed by atoms with Crippen molar-refractivity contribution in [3.8, 4) is 5.75 Å². The standard InChI is InChI=1S/C20H28O10/c1-2-3-11-4-6-12(7-5-11)29-18-16(24)15(23)14(22)13(30-18)8-27-19-17(25)20(26,9-21)10-28-19/h2,4-7,13-19,21-26H,1,3,8-10H2/t13-,14-,15+,16-,17+,18-,19-,20-/m1/s1. The third-order valence-electron chi connectivity index (χ3n) is 5.23. The molecular formula is C20H28O10. The Kier molecular flexibility index (Phi) is 7.45. The predicted octanol–water partition coefficient (Wildman–Crippen LogP) is -1.94. The van der Waals surface area contributed by atoms with Crippen LogP contribution in [0, 0.1) is 0 Å². The Hall–Kier alpha value is -1.60. The Balaban J connectivity index is 1.61. The lowest BCUT2D eigenvalue weighted by Crippen LogP contribution is -2.60. The lowest BCUT2D eigenvalue weighted by atomic mass is 9.99. The summed E-state index contributed by atoms with van der Waals surface area (Å²) in [6.45, 7) is 2.28. The number of ether oxygens (including phenoxy) is 4. The highest BCUT2D eigenvalue weighted by molar-refractivity contribution is 5.28. The second-order valence-electron chi connectivity index (χ2n) is 7.49. The van der Waals surface area contributed by atoms with Gasteiger partial charge in [-0.1, -0.05) is 18.2 Å². The van der Waals surface area contributed by atoms with Crippen LogP contribution in [-0.4, -0.2) is 99.2 Å². The summed E-state index contributed by atoms with van der Waals surface area (Å²) in [7, 11) is 0. The van der Waals surface area contributed by atoms with Gasteiger partial charge in [0.1, 0.15) is 41.9 Å². The van der Waals surface area contributed by atoms with Crippen LogP contribution in [0.25, 0.3) is 0 Å². The van der Waals surface area contributed by atoms with Gasteiger partial charge in [0.25, 0.3) is 0 Å². The van der Waals surface area contributed by atoms with Gasteiger partial charge in [0.2, 0.25) is 6.29 Å². The Labute approximate surface area is 173 Å². The van der Waals surface area contributed by atoms with Crippen LogP contribution in [-0.2, 0) is 20.6 Å². The smallest absolute Gasteiger partial charge is 0.229 e. The Morgan fingerprint density at radius 3 is 2.37 bits per heavy atom. The van der Waals surface area contributed by atoms with E-state index in [1.54, 1.807) is 18.2 Å². The van der Waals surface area contributed by atoms with E-state index < -0.39 is 55.3 Å². The van der Waals surface area contributed by atoms with Gasteiger partial charge in [-0.3, -0.25) is 0 Å². The van der Waals surface area contributed by atoms with Crippen molar-refractivity contribution in [3.05, 3.63) is 42.5 Å². The molecule has 0 bridgehead atoms. The molecule has 0 amide bonds. The van der Waals surface area contributed by atoms with Crippen LogP contribution in [0.2, 0.25) is 0 Å². The number of allylic oxidation sites excluding steroid dienone is 1. The summed E-state index contributed by atoms with van der Waals surface area (Å²) in [6, 6.07) is 6.99. The Morgan fingerprint density at radius 2 is 1.77 bits per heavy atom. The van der Waals surface area contributed by atoms with Crippen molar-refractivity contribution >= 4 is 0 Å². The fraction of sp³-hybridized carbons (Fsp3) is 0.600. The maximum absolute atomic E-state index is 10.2. The van der Waals surface area contributed by atoms with Gasteiger partial charge in [0.05, 0.1) is 19.8 Å². The van der Waals surface area contributed by atoms with Gasteiger partial charge in [0.15, 0.2) is 6.29 Å². The van der Waals surface area contributed by atoms with Crippen molar-refractivity contribution in [3.63, 3.8) is 0 Å². The fourth-order valence-electron chi connectivity index (χ4n) is 3.28. The van der Waals surface area contributed by atoms with Gasteiger partial charge < -0.3 is 49.6 Å². The normalized spacial score (nSPS) is 39.1. The topological polar surface area (TPSA) is 158 Å². The lowest BCUT2D eigenvalue weighted by Gasteiger charge is -2.40. The molecule has 0 radical (unpaired) electrons. The van der Waals surface area contributed by atoms with E-state index >= 15 is 0 Å². The summed E-state index contributed by atoms with van der Waals surface area (Å²) in [4.78, 5) is 0. The summed E-state index contributed by atoms with van der Waals surface area (Å²) in [5, 5.41) is 59.7. The van der Waals surface area contributed by atoms with E-state index in [1.807, 2.05) is 12.1 Å². The average Bonchev–Trinajstić information content (AvgIpc) is 3.04. The molecule has 1 aromatic rings. The summed E-state index contributed by atoms with van der Waals surface area (Å²) in [5.41, 5.74) is -0.835. The van der Waals surface area contributed by atoms with Gasteiger partial charge >= 0.3 is 0 Å². The number of benzene rings is 1. The molecule has 30 heavy (non-hydrogen) atoms. The molecule has 2 fully saturated rings. The largest absolute Gasteiger partial charge is 0.462 e. The molecule has 168 valence electrons. The SMILES string of the molecule is C=CCc1ccc(O[C@@H]2O[C@H](CO[C@@H]3OC[C@](O)(CO)[C@H]3O)[C@@H](O)[C@H](O)[C@H]2O)cc1. The summed E-state index contributed by atoms with van der Waals surface area (Å²) in [6.07, 6.45) is -7.31. The number of aliphatic hydroxyl groups is 6. The molecule has 10 heteroatoms. The predicted molar refractivity (Wildman–Crippen MR) is 101 cm³/mol. The van der Waals surface area contributed by atoms with E-state index in [4.69, 9.17) is 24.1 Å². The van der Waals surface area contributed by atoms with E-state index in [9.17, 15) is 25.5 Å². The highest BCUT2D eigenvalue weighted by Gasteiger charge is 2.50. The molecule has 3 rings (SSSR count). The molecule has 0 aliphatic carbocycles. The molecule has 0 spiro atoms. The van der Waals surface area contributed by atoms with Gasteiger partial charge in [0, 0.05) is 0 Å². The third kappa shape index (κ3) is 4.83.